The van der Waals surface area contributed by atoms with Gasteiger partial charge in [-0.1, -0.05) is 17.7 Å². The molecular formula is C21H21ClFN3O2S. The van der Waals surface area contributed by atoms with Gasteiger partial charge in [-0.05, 0) is 55.3 Å². The molecule has 2 heterocycles. The number of nitrogens with zero attached hydrogens (tertiary/aromatic N) is 2. The van der Waals surface area contributed by atoms with Crippen LogP contribution in [0.4, 0.5) is 14.9 Å². The van der Waals surface area contributed by atoms with Gasteiger partial charge in [-0.3, -0.25) is 4.79 Å². The van der Waals surface area contributed by atoms with Crippen molar-refractivity contribution in [3.63, 3.8) is 0 Å². The quantitative estimate of drug-likeness (QED) is 0.747. The van der Waals surface area contributed by atoms with Crippen LogP contribution in [-0.2, 0) is 0 Å². The summed E-state index contributed by atoms with van der Waals surface area (Å²) in [6, 6.07) is 12.6. The molecule has 3 amide bonds. The van der Waals surface area contributed by atoms with Crippen LogP contribution in [0.25, 0.3) is 0 Å². The average Bonchev–Trinajstić information content (AvgIpc) is 3.11. The molecule has 5 nitrogen and oxygen atoms in total. The second kappa shape index (κ2) is 8.24. The van der Waals surface area contributed by atoms with Gasteiger partial charge in [0, 0.05) is 41.7 Å². The molecule has 152 valence electrons. The predicted octanol–water partition coefficient (Wildman–Crippen LogP) is 4.69. The number of likely N-dealkylation sites (tertiary alicyclic amines) is 1. The summed E-state index contributed by atoms with van der Waals surface area (Å²) in [7, 11) is 0. The fourth-order valence-electron chi connectivity index (χ4n) is 3.89. The zero-order valence-corrected chi connectivity index (χ0v) is 17.3. The molecule has 4 rings (SSSR count). The van der Waals surface area contributed by atoms with E-state index in [0.717, 1.165) is 5.75 Å². The lowest BCUT2D eigenvalue weighted by atomic mass is 10.0. The summed E-state index contributed by atoms with van der Waals surface area (Å²) in [5, 5.41) is 3.44. The Balaban J connectivity index is 1.41. The van der Waals surface area contributed by atoms with E-state index in [-0.39, 0.29) is 22.6 Å². The minimum atomic E-state index is -0.355. The number of benzene rings is 2. The SMILES string of the molecule is O=C(Nc1cccc(Cl)c1)N1CCC2(CC1)SCCN2C(=O)c1ccc(F)cc1. The summed E-state index contributed by atoms with van der Waals surface area (Å²) in [5.74, 6) is 0.430. The van der Waals surface area contributed by atoms with E-state index in [1.54, 1.807) is 40.9 Å². The number of rotatable bonds is 2. The number of carbonyl (C=O) groups is 2. The number of thioether (sulfide) groups is 1. The van der Waals surface area contributed by atoms with E-state index in [0.29, 0.717) is 48.7 Å². The molecular weight excluding hydrogens is 413 g/mol. The lowest BCUT2D eigenvalue weighted by Gasteiger charge is -2.44. The number of hydrogen-bond donors (Lipinski definition) is 1. The number of nitrogens with one attached hydrogen (secondary N) is 1. The Morgan fingerprint density at radius 1 is 1.07 bits per heavy atom. The molecule has 1 spiro atoms. The smallest absolute Gasteiger partial charge is 0.321 e. The summed E-state index contributed by atoms with van der Waals surface area (Å²) >= 11 is 7.75. The lowest BCUT2D eigenvalue weighted by molar-refractivity contribution is 0.0585. The van der Waals surface area contributed by atoms with Crippen LogP contribution in [0, 0.1) is 5.82 Å². The van der Waals surface area contributed by atoms with Crippen molar-refractivity contribution in [1.29, 1.82) is 0 Å². The van der Waals surface area contributed by atoms with E-state index in [2.05, 4.69) is 5.32 Å². The van der Waals surface area contributed by atoms with Gasteiger partial charge in [0.1, 0.15) is 5.82 Å². The summed E-state index contributed by atoms with van der Waals surface area (Å²) in [6.45, 7) is 1.79. The molecule has 0 radical (unpaired) electrons. The van der Waals surface area contributed by atoms with Crippen LogP contribution in [0.1, 0.15) is 23.2 Å². The fourth-order valence-corrected chi connectivity index (χ4v) is 5.53. The van der Waals surface area contributed by atoms with Crippen molar-refractivity contribution in [1.82, 2.24) is 9.80 Å². The van der Waals surface area contributed by atoms with Gasteiger partial charge in [-0.25, -0.2) is 9.18 Å². The van der Waals surface area contributed by atoms with Gasteiger partial charge in [-0.15, -0.1) is 11.8 Å². The third-order valence-corrected chi connectivity index (χ3v) is 7.21. The molecule has 0 aromatic heterocycles. The third kappa shape index (κ3) is 4.21. The van der Waals surface area contributed by atoms with E-state index in [9.17, 15) is 14.0 Å². The van der Waals surface area contributed by atoms with Gasteiger partial charge in [0.15, 0.2) is 0 Å². The highest BCUT2D eigenvalue weighted by Crippen LogP contribution is 2.44. The van der Waals surface area contributed by atoms with Crippen molar-refractivity contribution in [2.75, 3.05) is 30.7 Å². The molecule has 2 aliphatic heterocycles. The Kier molecular flexibility index (Phi) is 5.69. The van der Waals surface area contributed by atoms with Gasteiger partial charge in [0.2, 0.25) is 0 Å². The van der Waals surface area contributed by atoms with Crippen LogP contribution in [0.3, 0.4) is 0 Å². The predicted molar refractivity (Wildman–Crippen MR) is 114 cm³/mol. The Morgan fingerprint density at radius 2 is 1.79 bits per heavy atom. The zero-order valence-electron chi connectivity index (χ0n) is 15.7. The fraction of sp³-hybridized carbons (Fsp3) is 0.333. The molecule has 0 bridgehead atoms. The highest BCUT2D eigenvalue weighted by atomic mass is 35.5. The van der Waals surface area contributed by atoms with E-state index in [1.165, 1.54) is 24.3 Å². The monoisotopic (exact) mass is 433 g/mol. The molecule has 2 aromatic carbocycles. The van der Waals surface area contributed by atoms with Crippen LogP contribution in [0.15, 0.2) is 48.5 Å². The van der Waals surface area contributed by atoms with Crippen molar-refractivity contribution < 1.29 is 14.0 Å². The Bertz CT molecular complexity index is 916. The lowest BCUT2D eigenvalue weighted by Crippen LogP contribution is -2.54. The summed E-state index contributed by atoms with van der Waals surface area (Å²) in [4.78, 5) is 29.0. The van der Waals surface area contributed by atoms with E-state index >= 15 is 0 Å². The maximum absolute atomic E-state index is 13.2. The number of carbonyl (C=O) groups excluding carboxylic acids is 2. The number of halogens is 2. The largest absolute Gasteiger partial charge is 0.324 e. The first-order valence-corrected chi connectivity index (χ1v) is 10.9. The summed E-state index contributed by atoms with van der Waals surface area (Å²) in [6.07, 6.45) is 1.40. The number of amides is 3. The standard InChI is InChI=1S/C21H21ClFN3O2S/c22-16-2-1-3-18(14-16)24-20(28)25-10-8-21(9-11-25)26(12-13-29-21)19(27)15-4-6-17(23)7-5-15/h1-7,14H,8-13H2,(H,24,28). The van der Waals surface area contributed by atoms with Crippen molar-refractivity contribution in [3.05, 3.63) is 64.9 Å². The van der Waals surface area contributed by atoms with Crippen molar-refractivity contribution >= 4 is 41.0 Å². The van der Waals surface area contributed by atoms with Crippen LogP contribution < -0.4 is 5.32 Å². The zero-order chi connectivity index (χ0) is 20.4. The van der Waals surface area contributed by atoms with Crippen LogP contribution in [0.2, 0.25) is 5.02 Å². The third-order valence-electron chi connectivity index (χ3n) is 5.42. The molecule has 2 saturated heterocycles. The molecule has 1 N–H and O–H groups in total. The van der Waals surface area contributed by atoms with Gasteiger partial charge < -0.3 is 15.1 Å². The molecule has 2 aliphatic rings. The molecule has 0 saturated carbocycles. The molecule has 0 aliphatic carbocycles. The second-order valence-electron chi connectivity index (χ2n) is 7.19. The van der Waals surface area contributed by atoms with Crippen LogP contribution in [0.5, 0.6) is 0 Å². The van der Waals surface area contributed by atoms with E-state index in [4.69, 9.17) is 11.6 Å². The van der Waals surface area contributed by atoms with Crippen molar-refractivity contribution in [3.8, 4) is 0 Å². The Labute approximate surface area is 178 Å². The number of urea groups is 1. The first kappa shape index (κ1) is 20.0. The molecule has 2 aromatic rings. The minimum Gasteiger partial charge on any atom is -0.324 e. The van der Waals surface area contributed by atoms with Gasteiger partial charge in [0.05, 0.1) is 4.87 Å². The first-order chi connectivity index (χ1) is 14.0. The van der Waals surface area contributed by atoms with Gasteiger partial charge >= 0.3 is 6.03 Å². The maximum atomic E-state index is 13.2. The van der Waals surface area contributed by atoms with E-state index in [1.807, 2.05) is 4.90 Å². The molecule has 2 fully saturated rings. The molecule has 0 atom stereocenters. The Hall–Kier alpha value is -2.25. The van der Waals surface area contributed by atoms with Gasteiger partial charge in [0.25, 0.3) is 5.91 Å². The highest BCUT2D eigenvalue weighted by molar-refractivity contribution is 8.00. The first-order valence-electron chi connectivity index (χ1n) is 9.50. The molecule has 0 unspecified atom stereocenters. The molecule has 29 heavy (non-hydrogen) atoms. The Morgan fingerprint density at radius 3 is 2.48 bits per heavy atom. The second-order valence-corrected chi connectivity index (χ2v) is 9.08. The number of anilines is 1. The van der Waals surface area contributed by atoms with Gasteiger partial charge in [-0.2, -0.15) is 0 Å². The average molecular weight is 434 g/mol. The van der Waals surface area contributed by atoms with E-state index < -0.39 is 0 Å². The number of piperidine rings is 1. The molecule has 8 heteroatoms. The highest BCUT2D eigenvalue weighted by Gasteiger charge is 2.47. The summed E-state index contributed by atoms with van der Waals surface area (Å²) < 4.78 is 13.2. The minimum absolute atomic E-state index is 0.0770. The van der Waals surface area contributed by atoms with Crippen molar-refractivity contribution in [2.45, 2.75) is 17.7 Å². The normalized spacial score (nSPS) is 18.1. The van der Waals surface area contributed by atoms with Crippen LogP contribution >= 0.6 is 23.4 Å². The maximum Gasteiger partial charge on any atom is 0.321 e. The van der Waals surface area contributed by atoms with Crippen molar-refractivity contribution in [2.24, 2.45) is 0 Å². The summed E-state index contributed by atoms with van der Waals surface area (Å²) in [5.41, 5.74) is 1.15. The topological polar surface area (TPSA) is 52.7 Å². The number of hydrogen-bond acceptors (Lipinski definition) is 3. The van der Waals surface area contributed by atoms with Crippen LogP contribution in [-0.4, -0.2) is 52.0 Å².